The van der Waals surface area contributed by atoms with E-state index in [4.69, 9.17) is 4.74 Å². The normalized spacial score (nSPS) is 39.8. The minimum Gasteiger partial charge on any atom is -0.368 e. The summed E-state index contributed by atoms with van der Waals surface area (Å²) in [5.41, 5.74) is 0. The summed E-state index contributed by atoms with van der Waals surface area (Å²) < 4.78 is 5.31. The highest BCUT2D eigenvalue weighted by Crippen LogP contribution is 2.23. The van der Waals surface area contributed by atoms with E-state index in [0.29, 0.717) is 6.10 Å². The second kappa shape index (κ2) is 2.74. The van der Waals surface area contributed by atoms with Gasteiger partial charge in [-0.1, -0.05) is 6.92 Å². The van der Waals surface area contributed by atoms with E-state index in [1.807, 2.05) is 11.8 Å². The van der Waals surface area contributed by atoms with Crippen LogP contribution < -0.4 is 0 Å². The Bertz CT molecular complexity index is 66.9. The topological polar surface area (TPSA) is 9.23 Å². The Morgan fingerprint density at radius 3 is 2.62 bits per heavy atom. The number of ether oxygens (including phenoxy) is 1. The van der Waals surface area contributed by atoms with E-state index in [9.17, 15) is 0 Å². The van der Waals surface area contributed by atoms with Crippen molar-refractivity contribution >= 4 is 11.8 Å². The van der Waals surface area contributed by atoms with Gasteiger partial charge in [-0.05, 0) is 13.3 Å². The van der Waals surface area contributed by atoms with E-state index in [0.717, 1.165) is 11.2 Å². The van der Waals surface area contributed by atoms with Crippen molar-refractivity contribution in [1.82, 2.24) is 0 Å². The van der Waals surface area contributed by atoms with Crippen LogP contribution in [0, 0.1) is 0 Å². The van der Waals surface area contributed by atoms with Crippen molar-refractivity contribution in [3.05, 3.63) is 0 Å². The summed E-state index contributed by atoms with van der Waals surface area (Å²) in [6.07, 6.45) is 1.70. The first-order valence-corrected chi connectivity index (χ1v) is 4.07. The number of thioether (sulfide) groups is 1. The monoisotopic (exact) mass is 132 g/mol. The highest BCUT2D eigenvalue weighted by molar-refractivity contribution is 7.99. The number of hydrogen-bond donors (Lipinski definition) is 0. The summed E-state index contributed by atoms with van der Waals surface area (Å²) in [5, 5.41) is 0.804. The lowest BCUT2D eigenvalue weighted by atomic mass is 10.2. The van der Waals surface area contributed by atoms with Crippen LogP contribution in [0.1, 0.15) is 20.3 Å². The van der Waals surface area contributed by atoms with Gasteiger partial charge in [-0.25, -0.2) is 0 Å². The van der Waals surface area contributed by atoms with E-state index in [1.165, 1.54) is 6.42 Å². The second-order valence-corrected chi connectivity index (χ2v) is 3.68. The van der Waals surface area contributed by atoms with Crippen LogP contribution in [0.25, 0.3) is 0 Å². The molecule has 0 spiro atoms. The average molecular weight is 132 g/mol. The summed E-state index contributed by atoms with van der Waals surface area (Å²) >= 11 is 1.90. The minimum atomic E-state index is 0.492. The zero-order valence-electron chi connectivity index (χ0n) is 5.39. The maximum Gasteiger partial charge on any atom is 0.0927 e. The van der Waals surface area contributed by atoms with E-state index in [-0.39, 0.29) is 0 Å². The Kier molecular flexibility index (Phi) is 2.20. The second-order valence-electron chi connectivity index (χ2n) is 2.31. The third-order valence-corrected chi connectivity index (χ3v) is 2.40. The first kappa shape index (κ1) is 6.43. The van der Waals surface area contributed by atoms with Crippen LogP contribution >= 0.6 is 11.8 Å². The molecule has 2 heteroatoms. The Morgan fingerprint density at radius 2 is 2.25 bits per heavy atom. The molecule has 0 aliphatic carbocycles. The third-order valence-electron chi connectivity index (χ3n) is 1.37. The first-order chi connectivity index (χ1) is 3.79. The molecule has 0 radical (unpaired) electrons. The van der Waals surface area contributed by atoms with Gasteiger partial charge in [0.05, 0.1) is 12.0 Å². The molecule has 0 aromatic rings. The standard InChI is InChI=1S/C6H12OS/c1-5-3-6(2)8-4-7-5/h5-6H,3-4H2,1-2H3/t5-,6-/m0/s1. The number of hydrogen-bond acceptors (Lipinski definition) is 2. The average Bonchev–Trinajstić information content (AvgIpc) is 1.64. The SMILES string of the molecule is C[C@H]1C[C@H](C)SCO1. The van der Waals surface area contributed by atoms with Crippen molar-refractivity contribution in [2.24, 2.45) is 0 Å². The molecule has 1 fully saturated rings. The van der Waals surface area contributed by atoms with E-state index >= 15 is 0 Å². The van der Waals surface area contributed by atoms with Crippen molar-refractivity contribution in [2.45, 2.75) is 31.6 Å². The van der Waals surface area contributed by atoms with Gasteiger partial charge in [0.25, 0.3) is 0 Å². The zero-order valence-corrected chi connectivity index (χ0v) is 6.20. The van der Waals surface area contributed by atoms with E-state index in [1.54, 1.807) is 0 Å². The molecule has 1 saturated heterocycles. The first-order valence-electron chi connectivity index (χ1n) is 3.02. The van der Waals surface area contributed by atoms with Gasteiger partial charge < -0.3 is 4.74 Å². The largest absolute Gasteiger partial charge is 0.368 e. The van der Waals surface area contributed by atoms with E-state index in [2.05, 4.69) is 13.8 Å². The maximum atomic E-state index is 5.31. The molecule has 48 valence electrons. The van der Waals surface area contributed by atoms with Gasteiger partial charge in [0.1, 0.15) is 0 Å². The van der Waals surface area contributed by atoms with E-state index < -0.39 is 0 Å². The van der Waals surface area contributed by atoms with Gasteiger partial charge in [0.15, 0.2) is 0 Å². The van der Waals surface area contributed by atoms with Crippen molar-refractivity contribution < 1.29 is 4.74 Å². The molecule has 1 rings (SSSR count). The lowest BCUT2D eigenvalue weighted by molar-refractivity contribution is 0.0895. The van der Waals surface area contributed by atoms with Crippen LogP contribution in [0.3, 0.4) is 0 Å². The summed E-state index contributed by atoms with van der Waals surface area (Å²) in [6.45, 7) is 4.39. The van der Waals surface area contributed by atoms with Gasteiger partial charge in [0.2, 0.25) is 0 Å². The highest BCUT2D eigenvalue weighted by Gasteiger charge is 2.14. The molecule has 8 heavy (non-hydrogen) atoms. The molecule has 0 N–H and O–H groups in total. The predicted molar refractivity (Wildman–Crippen MR) is 37.1 cm³/mol. The minimum absolute atomic E-state index is 0.492. The van der Waals surface area contributed by atoms with Gasteiger partial charge in [-0.2, -0.15) is 0 Å². The lowest BCUT2D eigenvalue weighted by Crippen LogP contribution is -2.19. The molecular formula is C6H12OS. The highest BCUT2D eigenvalue weighted by atomic mass is 32.2. The summed E-state index contributed by atoms with van der Waals surface area (Å²) in [4.78, 5) is 0. The molecule has 1 aliphatic heterocycles. The Balaban J connectivity index is 2.23. The van der Waals surface area contributed by atoms with Crippen LogP contribution in [0.5, 0.6) is 0 Å². The summed E-state index contributed by atoms with van der Waals surface area (Å²) in [5.74, 6) is 0.891. The molecule has 0 amide bonds. The van der Waals surface area contributed by atoms with Crippen molar-refractivity contribution in [3.63, 3.8) is 0 Å². The van der Waals surface area contributed by atoms with Crippen LogP contribution in [0.4, 0.5) is 0 Å². The Hall–Kier alpha value is 0.310. The molecule has 0 saturated carbocycles. The molecule has 0 unspecified atom stereocenters. The van der Waals surface area contributed by atoms with Gasteiger partial charge in [0, 0.05) is 5.25 Å². The van der Waals surface area contributed by atoms with Crippen molar-refractivity contribution in [3.8, 4) is 0 Å². The molecule has 0 bridgehead atoms. The zero-order chi connectivity index (χ0) is 5.98. The summed E-state index contributed by atoms with van der Waals surface area (Å²) in [6, 6.07) is 0. The van der Waals surface area contributed by atoms with Gasteiger partial charge >= 0.3 is 0 Å². The fourth-order valence-electron chi connectivity index (χ4n) is 0.875. The molecule has 1 heterocycles. The third kappa shape index (κ3) is 1.67. The molecule has 0 aromatic heterocycles. The molecule has 1 aliphatic rings. The predicted octanol–water partition coefficient (Wildman–Crippen LogP) is 1.87. The molecular weight excluding hydrogens is 120 g/mol. The van der Waals surface area contributed by atoms with Gasteiger partial charge in [-0.15, -0.1) is 11.8 Å². The quantitative estimate of drug-likeness (QED) is 0.497. The Morgan fingerprint density at radius 1 is 1.50 bits per heavy atom. The lowest BCUT2D eigenvalue weighted by Gasteiger charge is -2.23. The van der Waals surface area contributed by atoms with Gasteiger partial charge in [-0.3, -0.25) is 0 Å². The van der Waals surface area contributed by atoms with Crippen molar-refractivity contribution in [2.75, 3.05) is 5.94 Å². The summed E-state index contributed by atoms with van der Waals surface area (Å²) in [7, 11) is 0. The molecule has 1 nitrogen and oxygen atoms in total. The molecule has 0 aromatic carbocycles. The number of rotatable bonds is 0. The van der Waals surface area contributed by atoms with Crippen molar-refractivity contribution in [1.29, 1.82) is 0 Å². The van der Waals surface area contributed by atoms with Crippen LogP contribution in [0.2, 0.25) is 0 Å². The smallest absolute Gasteiger partial charge is 0.0927 e. The molecule has 2 atom stereocenters. The fourth-order valence-corrected chi connectivity index (χ4v) is 1.83. The van der Waals surface area contributed by atoms with Crippen LogP contribution in [-0.2, 0) is 4.74 Å². The Labute approximate surface area is 54.8 Å². The fraction of sp³-hybridized carbons (Fsp3) is 1.00. The van der Waals surface area contributed by atoms with Crippen LogP contribution in [0.15, 0.2) is 0 Å². The van der Waals surface area contributed by atoms with Crippen LogP contribution in [-0.4, -0.2) is 17.3 Å². The maximum absolute atomic E-state index is 5.31.